The average molecular weight is 680 g/mol. The van der Waals surface area contributed by atoms with E-state index in [9.17, 15) is 0 Å². The van der Waals surface area contributed by atoms with Crippen LogP contribution >= 0.6 is 11.3 Å². The van der Waals surface area contributed by atoms with Gasteiger partial charge in [0.05, 0.1) is 0 Å². The number of hydrogen-bond donors (Lipinski definition) is 0. The minimum Gasteiger partial charge on any atom is -0.310 e. The van der Waals surface area contributed by atoms with Crippen LogP contribution in [0.1, 0.15) is 0 Å². The maximum absolute atomic E-state index is 2.40. The van der Waals surface area contributed by atoms with Crippen LogP contribution in [0.3, 0.4) is 0 Å². The molecule has 0 saturated carbocycles. The highest BCUT2D eigenvalue weighted by atomic mass is 32.1. The molecule has 0 amide bonds. The lowest BCUT2D eigenvalue weighted by molar-refractivity contribution is 1.29. The zero-order chi connectivity index (χ0) is 34.4. The third-order valence-electron chi connectivity index (χ3n) is 10.2. The fourth-order valence-corrected chi connectivity index (χ4v) is 8.88. The Kier molecular flexibility index (Phi) is 7.41. The van der Waals surface area contributed by atoms with Crippen LogP contribution in [0, 0.1) is 0 Å². The van der Waals surface area contributed by atoms with Gasteiger partial charge in [0.1, 0.15) is 0 Å². The predicted octanol–water partition coefficient (Wildman–Crippen LogP) is 14.8. The topological polar surface area (TPSA) is 3.24 Å². The van der Waals surface area contributed by atoms with E-state index >= 15 is 0 Å². The second-order valence-corrected chi connectivity index (χ2v) is 14.4. The lowest BCUT2D eigenvalue weighted by atomic mass is 9.94. The van der Waals surface area contributed by atoms with Crippen LogP contribution in [0.5, 0.6) is 0 Å². The second-order valence-electron chi connectivity index (χ2n) is 13.4. The summed E-state index contributed by atoms with van der Waals surface area (Å²) in [6.45, 7) is 0. The summed E-state index contributed by atoms with van der Waals surface area (Å²) in [5, 5.41) is 7.67. The largest absolute Gasteiger partial charge is 0.310 e. The van der Waals surface area contributed by atoms with Crippen molar-refractivity contribution in [3.05, 3.63) is 200 Å². The second kappa shape index (κ2) is 12.7. The van der Waals surface area contributed by atoms with E-state index in [1.165, 1.54) is 75.1 Å². The first-order valence-electron chi connectivity index (χ1n) is 17.8. The van der Waals surface area contributed by atoms with E-state index in [2.05, 4.69) is 205 Å². The molecule has 1 nitrogen and oxygen atoms in total. The zero-order valence-electron chi connectivity index (χ0n) is 28.4. The Morgan fingerprint density at radius 2 is 0.885 bits per heavy atom. The molecular formula is C50H33NS. The number of para-hydroxylation sites is 1. The first kappa shape index (κ1) is 30.4. The van der Waals surface area contributed by atoms with Crippen molar-refractivity contribution in [3.8, 4) is 33.4 Å². The van der Waals surface area contributed by atoms with Gasteiger partial charge in [0, 0.05) is 37.2 Å². The van der Waals surface area contributed by atoms with Crippen molar-refractivity contribution in [1.29, 1.82) is 0 Å². The smallest absolute Gasteiger partial charge is 0.0468 e. The van der Waals surface area contributed by atoms with Crippen molar-refractivity contribution in [1.82, 2.24) is 0 Å². The van der Waals surface area contributed by atoms with Gasteiger partial charge in [-0.2, -0.15) is 0 Å². The van der Waals surface area contributed by atoms with Gasteiger partial charge in [-0.15, -0.1) is 11.3 Å². The first-order chi connectivity index (χ1) is 25.8. The van der Waals surface area contributed by atoms with Crippen LogP contribution in [0.15, 0.2) is 200 Å². The van der Waals surface area contributed by atoms with Crippen molar-refractivity contribution in [2.75, 3.05) is 4.90 Å². The monoisotopic (exact) mass is 679 g/mol. The summed E-state index contributed by atoms with van der Waals surface area (Å²) >= 11 is 1.89. The van der Waals surface area contributed by atoms with Gasteiger partial charge in [0.15, 0.2) is 0 Å². The van der Waals surface area contributed by atoms with Crippen molar-refractivity contribution < 1.29 is 0 Å². The lowest BCUT2D eigenvalue weighted by Crippen LogP contribution is -2.09. The summed E-state index contributed by atoms with van der Waals surface area (Å²) in [5.41, 5.74) is 10.8. The Labute approximate surface area is 307 Å². The van der Waals surface area contributed by atoms with E-state index in [-0.39, 0.29) is 0 Å². The van der Waals surface area contributed by atoms with E-state index in [1.54, 1.807) is 0 Å². The number of nitrogens with zero attached hydrogens (tertiary/aromatic N) is 1. The highest BCUT2D eigenvalue weighted by Gasteiger charge is 2.18. The molecule has 0 saturated heterocycles. The van der Waals surface area contributed by atoms with Gasteiger partial charge in [0.2, 0.25) is 0 Å². The first-order valence-corrected chi connectivity index (χ1v) is 18.6. The van der Waals surface area contributed by atoms with Gasteiger partial charge in [-0.1, -0.05) is 146 Å². The molecule has 0 atom stereocenters. The SMILES string of the molecule is c1ccc(-c2ccc(-c3cc4ccccc4c4sc5ccc(N(c6ccccc6)c6ccc(-c7ccc8ccccc8c7)cc6)cc5c34)cc2)cc1. The summed E-state index contributed by atoms with van der Waals surface area (Å²) in [6.07, 6.45) is 0. The van der Waals surface area contributed by atoms with Gasteiger partial charge in [-0.05, 0) is 110 Å². The molecule has 0 aliphatic rings. The highest BCUT2D eigenvalue weighted by molar-refractivity contribution is 7.26. The van der Waals surface area contributed by atoms with Crippen molar-refractivity contribution in [2.45, 2.75) is 0 Å². The summed E-state index contributed by atoms with van der Waals surface area (Å²) in [6, 6.07) is 72.8. The summed E-state index contributed by atoms with van der Waals surface area (Å²) in [5.74, 6) is 0. The van der Waals surface area contributed by atoms with Crippen LogP contribution in [-0.2, 0) is 0 Å². The Balaban J connectivity index is 1.12. The number of fused-ring (bicyclic) bond motifs is 6. The standard InChI is InChI=1S/C50H33NS/c1-3-11-34(12-4-1)36-19-22-38(23-20-36)46-32-41-15-9-10-18-45(41)50-49(46)47-33-44(29-30-48(47)52-50)51(42-16-5-2-6-17-42)43-27-25-37(26-28-43)40-24-21-35-13-7-8-14-39(35)31-40/h1-33H. The molecule has 244 valence electrons. The molecule has 1 aromatic heterocycles. The molecular weight excluding hydrogens is 647 g/mol. The van der Waals surface area contributed by atoms with Crippen molar-refractivity contribution in [3.63, 3.8) is 0 Å². The van der Waals surface area contributed by atoms with Gasteiger partial charge in [-0.25, -0.2) is 0 Å². The number of thiophene rings is 1. The quantitative estimate of drug-likeness (QED) is 0.169. The molecule has 0 aliphatic heterocycles. The number of rotatable bonds is 6. The Morgan fingerprint density at radius 3 is 1.67 bits per heavy atom. The summed E-state index contributed by atoms with van der Waals surface area (Å²) in [4.78, 5) is 2.38. The fraction of sp³-hybridized carbons (Fsp3) is 0. The fourth-order valence-electron chi connectivity index (χ4n) is 7.64. The van der Waals surface area contributed by atoms with Gasteiger partial charge in [-0.3, -0.25) is 0 Å². The predicted molar refractivity (Wildman–Crippen MR) is 225 cm³/mol. The summed E-state index contributed by atoms with van der Waals surface area (Å²) in [7, 11) is 0. The maximum atomic E-state index is 2.40. The molecule has 10 rings (SSSR count). The van der Waals surface area contributed by atoms with Crippen LogP contribution in [0.2, 0.25) is 0 Å². The minimum absolute atomic E-state index is 1.12. The summed E-state index contributed by atoms with van der Waals surface area (Å²) < 4.78 is 2.62. The maximum Gasteiger partial charge on any atom is 0.0468 e. The third-order valence-corrected chi connectivity index (χ3v) is 11.4. The van der Waals surface area contributed by atoms with Crippen molar-refractivity contribution >= 4 is 70.1 Å². The highest BCUT2D eigenvalue weighted by Crippen LogP contribution is 2.47. The molecule has 2 heteroatoms. The molecule has 10 aromatic rings. The third kappa shape index (κ3) is 5.33. The molecule has 0 unspecified atom stereocenters. The van der Waals surface area contributed by atoms with E-state index < -0.39 is 0 Å². The van der Waals surface area contributed by atoms with Crippen LogP contribution < -0.4 is 4.90 Å². The molecule has 52 heavy (non-hydrogen) atoms. The molecule has 0 N–H and O–H groups in total. The van der Waals surface area contributed by atoms with Crippen LogP contribution in [-0.4, -0.2) is 0 Å². The van der Waals surface area contributed by atoms with Gasteiger partial charge >= 0.3 is 0 Å². The Hall–Kier alpha value is -6.48. The van der Waals surface area contributed by atoms with Gasteiger partial charge in [0.25, 0.3) is 0 Å². The van der Waals surface area contributed by atoms with E-state index in [4.69, 9.17) is 0 Å². The van der Waals surface area contributed by atoms with Crippen LogP contribution in [0.4, 0.5) is 17.1 Å². The van der Waals surface area contributed by atoms with E-state index in [0.29, 0.717) is 0 Å². The van der Waals surface area contributed by atoms with Crippen molar-refractivity contribution in [2.24, 2.45) is 0 Å². The Bertz CT molecular complexity index is 2870. The number of anilines is 3. The lowest BCUT2D eigenvalue weighted by Gasteiger charge is -2.26. The Morgan fingerprint density at radius 1 is 0.327 bits per heavy atom. The van der Waals surface area contributed by atoms with E-state index in [0.717, 1.165) is 17.1 Å². The molecule has 0 fully saturated rings. The van der Waals surface area contributed by atoms with Crippen LogP contribution in [0.25, 0.3) is 75.1 Å². The average Bonchev–Trinajstić information content (AvgIpc) is 3.61. The zero-order valence-corrected chi connectivity index (χ0v) is 29.2. The molecule has 1 heterocycles. The molecule has 9 aromatic carbocycles. The van der Waals surface area contributed by atoms with E-state index in [1.807, 2.05) is 11.3 Å². The molecule has 0 bridgehead atoms. The molecule has 0 aliphatic carbocycles. The normalized spacial score (nSPS) is 11.5. The number of benzene rings is 9. The molecule has 0 radical (unpaired) electrons. The number of hydrogen-bond acceptors (Lipinski definition) is 2. The van der Waals surface area contributed by atoms with Gasteiger partial charge < -0.3 is 4.90 Å². The molecule has 0 spiro atoms. The minimum atomic E-state index is 1.12.